The highest BCUT2D eigenvalue weighted by Crippen LogP contribution is 2.08. The number of benzene rings is 1. The molecule has 0 radical (unpaired) electrons. The molecule has 0 bridgehead atoms. The molecule has 0 heterocycles. The van der Waals surface area contributed by atoms with Crippen LogP contribution in [-0.2, 0) is 11.2 Å². The second-order valence-corrected chi connectivity index (χ2v) is 4.42. The van der Waals surface area contributed by atoms with Gasteiger partial charge in [-0.2, -0.15) is 0 Å². The van der Waals surface area contributed by atoms with Crippen LogP contribution < -0.4 is 10.6 Å². The van der Waals surface area contributed by atoms with Gasteiger partial charge >= 0.3 is 6.03 Å². The molecule has 0 spiro atoms. The smallest absolute Gasteiger partial charge is 0.314 e. The predicted octanol–water partition coefficient (Wildman–Crippen LogP) is 1.79. The lowest BCUT2D eigenvalue weighted by molar-refractivity contribution is 0.196. The van der Waals surface area contributed by atoms with Gasteiger partial charge in [-0.15, -0.1) is 0 Å². The van der Waals surface area contributed by atoms with E-state index in [1.165, 1.54) is 16.7 Å². The third kappa shape index (κ3) is 5.68. The van der Waals surface area contributed by atoms with E-state index in [-0.39, 0.29) is 6.03 Å². The minimum atomic E-state index is -0.142. The van der Waals surface area contributed by atoms with Crippen LogP contribution in [0.3, 0.4) is 0 Å². The van der Waals surface area contributed by atoms with Crippen molar-refractivity contribution in [3.05, 3.63) is 34.9 Å². The average molecular weight is 250 g/mol. The molecular weight excluding hydrogens is 228 g/mol. The van der Waals surface area contributed by atoms with Crippen LogP contribution in [0.25, 0.3) is 0 Å². The molecule has 0 saturated carbocycles. The van der Waals surface area contributed by atoms with Crippen molar-refractivity contribution in [1.29, 1.82) is 0 Å². The summed E-state index contributed by atoms with van der Waals surface area (Å²) in [6.45, 7) is 5.88. The Balaban J connectivity index is 2.26. The van der Waals surface area contributed by atoms with Crippen LogP contribution >= 0.6 is 0 Å². The number of urea groups is 1. The fraction of sp³-hybridized carbons (Fsp3) is 0.500. The fourth-order valence-electron chi connectivity index (χ4n) is 1.86. The normalized spacial score (nSPS) is 10.2. The van der Waals surface area contributed by atoms with Crippen LogP contribution in [0.4, 0.5) is 4.79 Å². The maximum Gasteiger partial charge on any atom is 0.314 e. The Kier molecular flexibility index (Phi) is 6.22. The number of ether oxygens (including phenoxy) is 1. The number of nitrogens with one attached hydrogen (secondary N) is 2. The zero-order chi connectivity index (χ0) is 13.4. The van der Waals surface area contributed by atoms with E-state index in [2.05, 4.69) is 42.7 Å². The van der Waals surface area contributed by atoms with Crippen LogP contribution in [0, 0.1) is 13.8 Å². The third-order valence-electron chi connectivity index (χ3n) is 2.57. The van der Waals surface area contributed by atoms with Gasteiger partial charge in [0.25, 0.3) is 0 Å². The summed E-state index contributed by atoms with van der Waals surface area (Å²) in [4.78, 5) is 11.4. The molecule has 1 aromatic rings. The molecule has 2 amide bonds. The average Bonchev–Trinajstić information content (AvgIpc) is 2.28. The van der Waals surface area contributed by atoms with Crippen LogP contribution in [-0.4, -0.2) is 32.8 Å². The van der Waals surface area contributed by atoms with Gasteiger partial charge in [0.15, 0.2) is 0 Å². The number of rotatable bonds is 6. The van der Waals surface area contributed by atoms with Crippen LogP contribution in [0.1, 0.15) is 16.7 Å². The van der Waals surface area contributed by atoms with E-state index in [1.807, 2.05) is 0 Å². The topological polar surface area (TPSA) is 50.4 Å². The van der Waals surface area contributed by atoms with Gasteiger partial charge in [-0.3, -0.25) is 0 Å². The van der Waals surface area contributed by atoms with Crippen LogP contribution in [0.5, 0.6) is 0 Å². The maximum absolute atomic E-state index is 11.4. The lowest BCUT2D eigenvalue weighted by Gasteiger charge is -2.08. The summed E-state index contributed by atoms with van der Waals surface area (Å²) < 4.78 is 4.85. The first kappa shape index (κ1) is 14.5. The molecule has 0 aliphatic carbocycles. The Morgan fingerprint density at radius 3 is 2.33 bits per heavy atom. The number of methoxy groups -OCH3 is 1. The largest absolute Gasteiger partial charge is 0.383 e. The summed E-state index contributed by atoms with van der Waals surface area (Å²) in [5.41, 5.74) is 3.77. The molecule has 0 aromatic heterocycles. The highest BCUT2D eigenvalue weighted by molar-refractivity contribution is 5.73. The molecule has 4 nitrogen and oxygen atoms in total. The molecule has 0 aliphatic heterocycles. The molecule has 0 aliphatic rings. The van der Waals surface area contributed by atoms with E-state index in [0.717, 1.165) is 6.42 Å². The minimum Gasteiger partial charge on any atom is -0.383 e. The Morgan fingerprint density at radius 2 is 1.72 bits per heavy atom. The van der Waals surface area contributed by atoms with Gasteiger partial charge in [-0.1, -0.05) is 29.3 Å². The van der Waals surface area contributed by atoms with Crippen molar-refractivity contribution >= 4 is 6.03 Å². The highest BCUT2D eigenvalue weighted by Gasteiger charge is 2.00. The Labute approximate surface area is 109 Å². The quantitative estimate of drug-likeness (QED) is 0.756. The molecule has 0 atom stereocenters. The van der Waals surface area contributed by atoms with Gasteiger partial charge in [0.05, 0.1) is 6.61 Å². The monoisotopic (exact) mass is 250 g/mol. The second kappa shape index (κ2) is 7.71. The summed E-state index contributed by atoms with van der Waals surface area (Å²) in [5.74, 6) is 0. The Bertz CT molecular complexity index is 371. The predicted molar refractivity (Wildman–Crippen MR) is 72.9 cm³/mol. The van der Waals surface area contributed by atoms with E-state index >= 15 is 0 Å². The first-order chi connectivity index (χ1) is 8.61. The molecule has 18 heavy (non-hydrogen) atoms. The number of aryl methyl sites for hydroxylation is 2. The Hall–Kier alpha value is -1.55. The lowest BCUT2D eigenvalue weighted by atomic mass is 10.1. The summed E-state index contributed by atoms with van der Waals surface area (Å²) in [5, 5.41) is 5.54. The molecule has 4 heteroatoms. The maximum atomic E-state index is 11.4. The first-order valence-electron chi connectivity index (χ1n) is 6.19. The van der Waals surface area contributed by atoms with Crippen molar-refractivity contribution in [2.45, 2.75) is 20.3 Å². The van der Waals surface area contributed by atoms with Gasteiger partial charge in [-0.05, 0) is 25.8 Å². The van der Waals surface area contributed by atoms with Gasteiger partial charge in [0.1, 0.15) is 0 Å². The fourth-order valence-corrected chi connectivity index (χ4v) is 1.86. The van der Waals surface area contributed by atoms with E-state index in [0.29, 0.717) is 19.7 Å². The van der Waals surface area contributed by atoms with E-state index < -0.39 is 0 Å². The van der Waals surface area contributed by atoms with Crippen molar-refractivity contribution < 1.29 is 9.53 Å². The highest BCUT2D eigenvalue weighted by atomic mass is 16.5. The summed E-state index contributed by atoms with van der Waals surface area (Å²) in [7, 11) is 1.61. The first-order valence-corrected chi connectivity index (χ1v) is 6.19. The van der Waals surface area contributed by atoms with Gasteiger partial charge in [0.2, 0.25) is 0 Å². The molecule has 1 rings (SSSR count). The summed E-state index contributed by atoms with van der Waals surface area (Å²) in [6, 6.07) is 6.31. The van der Waals surface area contributed by atoms with Gasteiger partial charge < -0.3 is 15.4 Å². The molecular formula is C14H22N2O2. The van der Waals surface area contributed by atoms with Crippen molar-refractivity contribution in [1.82, 2.24) is 10.6 Å². The molecule has 0 unspecified atom stereocenters. The number of amides is 2. The number of hydrogen-bond donors (Lipinski definition) is 2. The SMILES string of the molecule is COCCNC(=O)NCCc1cc(C)cc(C)c1. The van der Waals surface area contributed by atoms with Gasteiger partial charge in [0, 0.05) is 20.2 Å². The van der Waals surface area contributed by atoms with Crippen molar-refractivity contribution in [2.24, 2.45) is 0 Å². The minimum absolute atomic E-state index is 0.142. The molecule has 0 saturated heterocycles. The van der Waals surface area contributed by atoms with Crippen molar-refractivity contribution in [3.63, 3.8) is 0 Å². The molecule has 0 fully saturated rings. The van der Waals surface area contributed by atoms with Crippen LogP contribution in [0.2, 0.25) is 0 Å². The lowest BCUT2D eigenvalue weighted by Crippen LogP contribution is -2.38. The number of carbonyl (C=O) groups excluding carboxylic acids is 1. The zero-order valence-electron chi connectivity index (χ0n) is 11.4. The molecule has 100 valence electrons. The van der Waals surface area contributed by atoms with E-state index in [4.69, 9.17) is 4.74 Å². The van der Waals surface area contributed by atoms with Gasteiger partial charge in [-0.25, -0.2) is 4.79 Å². The second-order valence-electron chi connectivity index (χ2n) is 4.42. The standard InChI is InChI=1S/C14H22N2O2/c1-11-8-12(2)10-13(9-11)4-5-15-14(17)16-6-7-18-3/h8-10H,4-7H2,1-3H3,(H2,15,16,17). The summed E-state index contributed by atoms with van der Waals surface area (Å²) >= 11 is 0. The Morgan fingerprint density at radius 1 is 1.11 bits per heavy atom. The summed E-state index contributed by atoms with van der Waals surface area (Å²) in [6.07, 6.45) is 0.847. The van der Waals surface area contributed by atoms with Crippen LogP contribution in [0.15, 0.2) is 18.2 Å². The van der Waals surface area contributed by atoms with E-state index in [1.54, 1.807) is 7.11 Å². The molecule has 2 N–H and O–H groups in total. The number of carbonyl (C=O) groups is 1. The molecule has 1 aromatic carbocycles. The van der Waals surface area contributed by atoms with Crippen molar-refractivity contribution in [2.75, 3.05) is 26.8 Å². The van der Waals surface area contributed by atoms with E-state index in [9.17, 15) is 4.79 Å². The van der Waals surface area contributed by atoms with Crippen molar-refractivity contribution in [3.8, 4) is 0 Å². The third-order valence-corrected chi connectivity index (χ3v) is 2.57. The number of hydrogen-bond acceptors (Lipinski definition) is 2. The zero-order valence-corrected chi connectivity index (χ0v) is 11.4.